The molecule has 2 heterocycles. The van der Waals surface area contributed by atoms with E-state index in [1.165, 1.54) is 18.2 Å². The van der Waals surface area contributed by atoms with Gasteiger partial charge in [0.15, 0.2) is 0 Å². The van der Waals surface area contributed by atoms with Gasteiger partial charge in [0.25, 0.3) is 11.8 Å². The summed E-state index contributed by atoms with van der Waals surface area (Å²) in [5, 5.41) is 17.1. The second kappa shape index (κ2) is 8.71. The lowest BCUT2D eigenvalue weighted by molar-refractivity contribution is -0.110. The highest BCUT2D eigenvalue weighted by atomic mass is 19.1. The fraction of sp³-hybridized carbons (Fsp3) is 0.286. The molecule has 0 bridgehead atoms. The van der Waals surface area contributed by atoms with Crippen LogP contribution in [0.4, 0.5) is 10.1 Å². The van der Waals surface area contributed by atoms with Gasteiger partial charge in [0, 0.05) is 48.7 Å². The van der Waals surface area contributed by atoms with Gasteiger partial charge in [-0.15, -0.1) is 0 Å². The summed E-state index contributed by atoms with van der Waals surface area (Å²) in [6.45, 7) is 5.17. The lowest BCUT2D eigenvalue weighted by Crippen LogP contribution is -2.32. The maximum atomic E-state index is 13.6. The van der Waals surface area contributed by atoms with Crippen LogP contribution in [-0.4, -0.2) is 36.4 Å². The maximum Gasteiger partial charge on any atom is 0.256 e. The average molecular weight is 395 g/mol. The van der Waals surface area contributed by atoms with Crippen molar-refractivity contribution in [3.05, 3.63) is 52.1 Å². The van der Waals surface area contributed by atoms with E-state index in [0.717, 1.165) is 0 Å². The Morgan fingerprint density at radius 2 is 2.07 bits per heavy atom. The first-order chi connectivity index (χ1) is 13.9. The maximum absolute atomic E-state index is 13.6. The first-order valence-corrected chi connectivity index (χ1v) is 9.30. The molecule has 7 nitrogen and oxygen atoms in total. The molecular formula is C21H22FN5O2. The summed E-state index contributed by atoms with van der Waals surface area (Å²) in [5.74, 6) is -0.953. The number of benzene rings is 1. The monoisotopic (exact) mass is 395 g/mol. The highest BCUT2D eigenvalue weighted by Gasteiger charge is 2.26. The van der Waals surface area contributed by atoms with E-state index in [0.29, 0.717) is 65.4 Å². The molecule has 1 aliphatic rings. The molecular weight excluding hydrogens is 373 g/mol. The third kappa shape index (κ3) is 4.36. The third-order valence-corrected chi connectivity index (χ3v) is 4.76. The zero-order chi connectivity index (χ0) is 21.0. The molecule has 29 heavy (non-hydrogen) atoms. The molecule has 0 aliphatic carbocycles. The SMILES string of the molecule is Cc1[nH]c(C=C2C(=O)Nc3ccc(F)cc32)c(C)c1C(=O)NCCNCCC#N. The highest BCUT2D eigenvalue weighted by molar-refractivity contribution is 6.34. The van der Waals surface area contributed by atoms with Crippen LogP contribution in [-0.2, 0) is 4.79 Å². The number of anilines is 1. The van der Waals surface area contributed by atoms with Crippen LogP contribution in [0.3, 0.4) is 0 Å². The fourth-order valence-corrected chi connectivity index (χ4v) is 3.33. The van der Waals surface area contributed by atoms with Crippen LogP contribution >= 0.6 is 0 Å². The van der Waals surface area contributed by atoms with Gasteiger partial charge in [-0.1, -0.05) is 0 Å². The number of hydrogen-bond donors (Lipinski definition) is 4. The first kappa shape index (κ1) is 20.3. The molecule has 1 aromatic carbocycles. The largest absolute Gasteiger partial charge is 0.358 e. The Balaban J connectivity index is 1.78. The van der Waals surface area contributed by atoms with Gasteiger partial charge in [-0.2, -0.15) is 5.26 Å². The second-order valence-electron chi connectivity index (χ2n) is 6.78. The number of carbonyl (C=O) groups is 2. The van der Waals surface area contributed by atoms with E-state index in [2.05, 4.69) is 20.9 Å². The van der Waals surface area contributed by atoms with E-state index < -0.39 is 5.82 Å². The van der Waals surface area contributed by atoms with Crippen molar-refractivity contribution in [3.63, 3.8) is 0 Å². The summed E-state index contributed by atoms with van der Waals surface area (Å²) in [6, 6.07) is 6.18. The van der Waals surface area contributed by atoms with Crippen molar-refractivity contribution >= 4 is 29.2 Å². The number of aryl methyl sites for hydroxylation is 1. The lowest BCUT2D eigenvalue weighted by atomic mass is 10.0. The van der Waals surface area contributed by atoms with Crippen molar-refractivity contribution in [3.8, 4) is 6.07 Å². The van der Waals surface area contributed by atoms with E-state index >= 15 is 0 Å². The van der Waals surface area contributed by atoms with Gasteiger partial charge in [0.1, 0.15) is 5.82 Å². The number of fused-ring (bicyclic) bond motifs is 1. The number of halogens is 1. The average Bonchev–Trinajstić information content (AvgIpc) is 3.14. The van der Waals surface area contributed by atoms with Gasteiger partial charge in [0.05, 0.1) is 17.2 Å². The van der Waals surface area contributed by atoms with Gasteiger partial charge in [0.2, 0.25) is 0 Å². The third-order valence-electron chi connectivity index (χ3n) is 4.76. The summed E-state index contributed by atoms with van der Waals surface area (Å²) in [5.41, 5.74) is 3.94. The van der Waals surface area contributed by atoms with Crippen molar-refractivity contribution < 1.29 is 14.0 Å². The summed E-state index contributed by atoms with van der Waals surface area (Å²) in [7, 11) is 0. The summed E-state index contributed by atoms with van der Waals surface area (Å²) < 4.78 is 13.6. The Hall–Kier alpha value is -3.44. The Morgan fingerprint density at radius 3 is 2.83 bits per heavy atom. The number of nitrogens with zero attached hydrogens (tertiary/aromatic N) is 1. The Morgan fingerprint density at radius 1 is 1.28 bits per heavy atom. The number of nitrogens with one attached hydrogen (secondary N) is 4. The van der Waals surface area contributed by atoms with Crippen LogP contribution in [0, 0.1) is 31.0 Å². The molecule has 4 N–H and O–H groups in total. The molecule has 0 atom stereocenters. The number of hydrogen-bond acceptors (Lipinski definition) is 4. The molecule has 3 rings (SSSR count). The molecule has 0 fully saturated rings. The molecule has 0 unspecified atom stereocenters. The van der Waals surface area contributed by atoms with E-state index in [9.17, 15) is 14.0 Å². The van der Waals surface area contributed by atoms with Crippen LogP contribution < -0.4 is 16.0 Å². The Kier molecular flexibility index (Phi) is 6.10. The van der Waals surface area contributed by atoms with E-state index in [-0.39, 0.29) is 11.8 Å². The van der Waals surface area contributed by atoms with Crippen LogP contribution in [0.5, 0.6) is 0 Å². The van der Waals surface area contributed by atoms with Crippen molar-refractivity contribution in [2.75, 3.05) is 25.0 Å². The molecule has 1 aromatic heterocycles. The minimum Gasteiger partial charge on any atom is -0.358 e. The topological polar surface area (TPSA) is 110 Å². The highest BCUT2D eigenvalue weighted by Crippen LogP contribution is 2.34. The van der Waals surface area contributed by atoms with Crippen molar-refractivity contribution in [1.29, 1.82) is 5.26 Å². The number of nitriles is 1. The molecule has 2 aromatic rings. The lowest BCUT2D eigenvalue weighted by Gasteiger charge is -2.06. The fourth-order valence-electron chi connectivity index (χ4n) is 3.33. The molecule has 0 saturated heterocycles. The van der Waals surface area contributed by atoms with Gasteiger partial charge >= 0.3 is 0 Å². The van der Waals surface area contributed by atoms with E-state index in [1.807, 2.05) is 6.07 Å². The molecule has 0 radical (unpaired) electrons. The van der Waals surface area contributed by atoms with Crippen LogP contribution in [0.2, 0.25) is 0 Å². The summed E-state index contributed by atoms with van der Waals surface area (Å²) in [6.07, 6.45) is 2.06. The van der Waals surface area contributed by atoms with E-state index in [4.69, 9.17) is 5.26 Å². The molecule has 0 saturated carbocycles. The standard InChI is InChI=1S/C21H22FN5O2/c1-12-18(11-16-15-10-14(22)4-5-17(15)27-20(16)28)26-13(2)19(12)21(29)25-9-8-24-7-3-6-23/h4-5,10-11,24,26H,3,7-9H2,1-2H3,(H,25,29)(H,27,28). The van der Waals surface area contributed by atoms with Gasteiger partial charge in [-0.3, -0.25) is 9.59 Å². The van der Waals surface area contributed by atoms with Crippen LogP contribution in [0.25, 0.3) is 11.6 Å². The zero-order valence-corrected chi connectivity index (χ0v) is 16.3. The molecule has 8 heteroatoms. The predicted molar refractivity (Wildman–Crippen MR) is 109 cm³/mol. The minimum absolute atomic E-state index is 0.217. The number of aromatic amines is 1. The second-order valence-corrected chi connectivity index (χ2v) is 6.78. The smallest absolute Gasteiger partial charge is 0.256 e. The van der Waals surface area contributed by atoms with Crippen LogP contribution in [0.15, 0.2) is 18.2 Å². The van der Waals surface area contributed by atoms with Crippen molar-refractivity contribution in [2.45, 2.75) is 20.3 Å². The molecule has 1 aliphatic heterocycles. The number of H-pyrrole nitrogens is 1. The molecule has 150 valence electrons. The van der Waals surface area contributed by atoms with Gasteiger partial charge in [-0.05, 0) is 43.7 Å². The van der Waals surface area contributed by atoms with Crippen molar-refractivity contribution in [1.82, 2.24) is 15.6 Å². The Labute approximate surface area is 168 Å². The summed E-state index contributed by atoms with van der Waals surface area (Å²) in [4.78, 5) is 28.0. The van der Waals surface area contributed by atoms with E-state index in [1.54, 1.807) is 19.9 Å². The number of aromatic nitrogens is 1. The number of carbonyl (C=O) groups excluding carboxylic acids is 2. The number of amides is 2. The minimum atomic E-state index is -0.422. The molecule has 0 spiro atoms. The van der Waals surface area contributed by atoms with Crippen molar-refractivity contribution in [2.24, 2.45) is 0 Å². The van der Waals surface area contributed by atoms with Gasteiger partial charge in [-0.25, -0.2) is 4.39 Å². The normalized spacial score (nSPS) is 13.9. The summed E-state index contributed by atoms with van der Waals surface area (Å²) >= 11 is 0. The predicted octanol–water partition coefficient (Wildman–Crippen LogP) is 2.50. The quantitative estimate of drug-likeness (QED) is 0.426. The van der Waals surface area contributed by atoms with Crippen LogP contribution in [0.1, 0.15) is 39.3 Å². The number of rotatable bonds is 7. The zero-order valence-electron chi connectivity index (χ0n) is 16.3. The first-order valence-electron chi connectivity index (χ1n) is 9.30. The van der Waals surface area contributed by atoms with Gasteiger partial charge < -0.3 is 20.9 Å². The molecule has 2 amide bonds. The Bertz CT molecular complexity index is 1030.